The summed E-state index contributed by atoms with van der Waals surface area (Å²) in [5.41, 5.74) is 0. The highest BCUT2D eigenvalue weighted by molar-refractivity contribution is 5.90. The van der Waals surface area contributed by atoms with Crippen molar-refractivity contribution in [3.8, 4) is 0 Å². The summed E-state index contributed by atoms with van der Waals surface area (Å²) in [5, 5.41) is 3.18. The van der Waals surface area contributed by atoms with E-state index < -0.39 is 0 Å². The van der Waals surface area contributed by atoms with E-state index in [2.05, 4.69) is 5.32 Å². The average Bonchev–Trinajstić information content (AvgIpc) is 3.05. The predicted octanol–water partition coefficient (Wildman–Crippen LogP) is -0.557. The van der Waals surface area contributed by atoms with Crippen molar-refractivity contribution >= 4 is 11.8 Å². The molecule has 2 rings (SSSR count). The van der Waals surface area contributed by atoms with Crippen molar-refractivity contribution in [1.82, 2.24) is 15.1 Å². The molecule has 108 valence electrons. The number of rotatable bonds is 3. The van der Waals surface area contributed by atoms with Crippen LogP contribution in [-0.4, -0.2) is 74.1 Å². The Morgan fingerprint density at radius 1 is 1.37 bits per heavy atom. The van der Waals surface area contributed by atoms with Crippen molar-refractivity contribution in [2.45, 2.75) is 37.5 Å². The average molecular weight is 269 g/mol. The zero-order chi connectivity index (χ0) is 14.0. The van der Waals surface area contributed by atoms with Gasteiger partial charge < -0.3 is 19.9 Å². The third-order valence-electron chi connectivity index (χ3n) is 3.98. The van der Waals surface area contributed by atoms with Gasteiger partial charge in [0.2, 0.25) is 11.8 Å². The molecule has 19 heavy (non-hydrogen) atoms. The lowest BCUT2D eigenvalue weighted by Crippen LogP contribution is -2.50. The number of hydrogen-bond donors (Lipinski definition) is 1. The van der Waals surface area contributed by atoms with Gasteiger partial charge in [0.25, 0.3) is 0 Å². The smallest absolute Gasteiger partial charge is 0.244 e. The summed E-state index contributed by atoms with van der Waals surface area (Å²) in [7, 11) is 5.13. The fraction of sp³-hybridized carbons (Fsp3) is 0.846. The molecule has 0 aromatic rings. The van der Waals surface area contributed by atoms with Gasteiger partial charge in [-0.15, -0.1) is 0 Å². The van der Waals surface area contributed by atoms with E-state index in [9.17, 15) is 9.59 Å². The largest absolute Gasteiger partial charge is 0.380 e. The number of hydrogen-bond acceptors (Lipinski definition) is 4. The maximum atomic E-state index is 12.5. The summed E-state index contributed by atoms with van der Waals surface area (Å²) < 4.78 is 5.26. The fourth-order valence-electron chi connectivity index (χ4n) is 2.86. The highest BCUT2D eigenvalue weighted by Crippen LogP contribution is 2.22. The molecule has 0 saturated carbocycles. The van der Waals surface area contributed by atoms with Gasteiger partial charge in [0.1, 0.15) is 6.04 Å². The molecule has 6 nitrogen and oxygen atoms in total. The van der Waals surface area contributed by atoms with Crippen molar-refractivity contribution in [2.24, 2.45) is 0 Å². The van der Waals surface area contributed by atoms with Crippen LogP contribution in [0.15, 0.2) is 0 Å². The molecule has 0 aromatic carbocycles. The van der Waals surface area contributed by atoms with Gasteiger partial charge in [0, 0.05) is 34.3 Å². The maximum Gasteiger partial charge on any atom is 0.244 e. The van der Waals surface area contributed by atoms with Crippen LogP contribution in [-0.2, 0) is 14.3 Å². The molecule has 0 aliphatic carbocycles. The summed E-state index contributed by atoms with van der Waals surface area (Å²) in [5.74, 6) is 0.0596. The zero-order valence-electron chi connectivity index (χ0n) is 11.9. The van der Waals surface area contributed by atoms with Crippen LogP contribution in [0.4, 0.5) is 0 Å². The highest BCUT2D eigenvalue weighted by Gasteiger charge is 2.40. The molecule has 3 atom stereocenters. The van der Waals surface area contributed by atoms with Crippen molar-refractivity contribution in [3.05, 3.63) is 0 Å². The molecule has 1 N–H and O–H groups in total. The molecule has 0 aromatic heterocycles. The van der Waals surface area contributed by atoms with E-state index >= 15 is 0 Å². The number of carbonyl (C=O) groups is 2. The number of likely N-dealkylation sites (N-methyl/N-ethyl adjacent to an activating group) is 1. The van der Waals surface area contributed by atoms with E-state index in [1.807, 2.05) is 0 Å². The second-order valence-corrected chi connectivity index (χ2v) is 5.48. The minimum atomic E-state index is -0.286. The second kappa shape index (κ2) is 5.88. The molecule has 6 heteroatoms. The SMILES string of the molecule is COC1CNC(C(=O)N2CCCC2C(=O)N(C)C)C1. The van der Waals surface area contributed by atoms with Gasteiger partial charge in [-0.3, -0.25) is 9.59 Å². The molecule has 0 radical (unpaired) electrons. The first-order chi connectivity index (χ1) is 9.04. The summed E-state index contributed by atoms with van der Waals surface area (Å²) >= 11 is 0. The highest BCUT2D eigenvalue weighted by atomic mass is 16.5. The van der Waals surface area contributed by atoms with Gasteiger partial charge in [-0.1, -0.05) is 0 Å². The molecular formula is C13H23N3O3. The second-order valence-electron chi connectivity index (χ2n) is 5.48. The molecule has 2 fully saturated rings. The van der Waals surface area contributed by atoms with Crippen molar-refractivity contribution in [2.75, 3.05) is 34.3 Å². The number of amides is 2. The number of nitrogens with one attached hydrogen (secondary N) is 1. The molecule has 2 heterocycles. The summed E-state index contributed by atoms with van der Waals surface area (Å²) in [6.45, 7) is 1.38. The van der Waals surface area contributed by atoms with Crippen molar-refractivity contribution < 1.29 is 14.3 Å². The third-order valence-corrected chi connectivity index (χ3v) is 3.98. The van der Waals surface area contributed by atoms with Crippen molar-refractivity contribution in [3.63, 3.8) is 0 Å². The standard InChI is InChI=1S/C13H23N3O3/c1-15(2)13(18)11-5-4-6-16(11)12(17)10-7-9(19-3)8-14-10/h9-11,14H,4-8H2,1-3H3. The normalized spacial score (nSPS) is 30.7. The Balaban J connectivity index is 2.00. The van der Waals surface area contributed by atoms with Crippen LogP contribution in [0.25, 0.3) is 0 Å². The molecular weight excluding hydrogens is 246 g/mol. The Bertz CT molecular complexity index is 359. The summed E-state index contributed by atoms with van der Waals surface area (Å²) in [4.78, 5) is 27.9. The topological polar surface area (TPSA) is 61.9 Å². The third kappa shape index (κ3) is 2.90. The van der Waals surface area contributed by atoms with E-state index in [0.717, 1.165) is 12.8 Å². The summed E-state index contributed by atoms with van der Waals surface area (Å²) in [6, 6.07) is -0.494. The molecule has 0 bridgehead atoms. The first-order valence-corrected chi connectivity index (χ1v) is 6.82. The molecule has 3 unspecified atom stereocenters. The Kier molecular flexibility index (Phi) is 4.42. The molecule has 2 aliphatic heterocycles. The van der Waals surface area contributed by atoms with E-state index in [-0.39, 0.29) is 30.0 Å². The van der Waals surface area contributed by atoms with Gasteiger partial charge >= 0.3 is 0 Å². The predicted molar refractivity (Wildman–Crippen MR) is 70.6 cm³/mol. The lowest BCUT2D eigenvalue weighted by molar-refractivity contribution is -0.143. The number of carbonyl (C=O) groups excluding carboxylic acids is 2. The first kappa shape index (κ1) is 14.3. The fourth-order valence-corrected chi connectivity index (χ4v) is 2.86. The first-order valence-electron chi connectivity index (χ1n) is 6.82. The maximum absolute atomic E-state index is 12.5. The molecule has 2 amide bonds. The minimum Gasteiger partial charge on any atom is -0.380 e. The van der Waals surface area contributed by atoms with E-state index in [1.54, 1.807) is 31.0 Å². The van der Waals surface area contributed by atoms with Crippen molar-refractivity contribution in [1.29, 1.82) is 0 Å². The van der Waals surface area contributed by atoms with Gasteiger partial charge in [-0.25, -0.2) is 0 Å². The van der Waals surface area contributed by atoms with Crippen LogP contribution >= 0.6 is 0 Å². The number of ether oxygens (including phenoxy) is 1. The lowest BCUT2D eigenvalue weighted by atomic mass is 10.1. The van der Waals surface area contributed by atoms with Crippen LogP contribution in [0.5, 0.6) is 0 Å². The number of nitrogens with zero attached hydrogens (tertiary/aromatic N) is 2. The van der Waals surface area contributed by atoms with E-state index in [1.165, 1.54) is 0 Å². The Labute approximate surface area is 114 Å². The zero-order valence-corrected chi connectivity index (χ0v) is 11.9. The minimum absolute atomic E-state index is 0.0205. The lowest BCUT2D eigenvalue weighted by Gasteiger charge is -2.28. The quantitative estimate of drug-likeness (QED) is 0.746. The van der Waals surface area contributed by atoms with Gasteiger partial charge in [0.05, 0.1) is 12.1 Å². The van der Waals surface area contributed by atoms with Gasteiger partial charge in [-0.2, -0.15) is 0 Å². The van der Waals surface area contributed by atoms with Crippen LogP contribution in [0.3, 0.4) is 0 Å². The summed E-state index contributed by atoms with van der Waals surface area (Å²) in [6.07, 6.45) is 2.45. The van der Waals surface area contributed by atoms with Crippen LogP contribution in [0.2, 0.25) is 0 Å². The van der Waals surface area contributed by atoms with Gasteiger partial charge in [-0.05, 0) is 19.3 Å². The Morgan fingerprint density at radius 2 is 2.11 bits per heavy atom. The Hall–Kier alpha value is -1.14. The van der Waals surface area contributed by atoms with Crippen LogP contribution in [0, 0.1) is 0 Å². The van der Waals surface area contributed by atoms with E-state index in [0.29, 0.717) is 19.5 Å². The Morgan fingerprint density at radius 3 is 2.68 bits per heavy atom. The number of likely N-dealkylation sites (tertiary alicyclic amines) is 1. The number of methoxy groups -OCH3 is 1. The molecule has 0 spiro atoms. The van der Waals surface area contributed by atoms with Crippen LogP contribution < -0.4 is 5.32 Å². The molecule has 2 aliphatic rings. The van der Waals surface area contributed by atoms with Gasteiger partial charge in [0.15, 0.2) is 0 Å². The van der Waals surface area contributed by atoms with Crippen LogP contribution in [0.1, 0.15) is 19.3 Å². The monoisotopic (exact) mass is 269 g/mol. The van der Waals surface area contributed by atoms with E-state index in [4.69, 9.17) is 4.74 Å². The molecule has 2 saturated heterocycles.